The fourth-order valence-electron chi connectivity index (χ4n) is 5.18. The molecule has 1 fully saturated rings. The molecule has 2 heterocycles. The fraction of sp³-hybridized carbons (Fsp3) is 0.286. The van der Waals surface area contributed by atoms with Gasteiger partial charge >= 0.3 is 0 Å². The van der Waals surface area contributed by atoms with Crippen LogP contribution in [0.25, 0.3) is 10.9 Å². The number of nitrogens with one attached hydrogen (secondary N) is 2. The van der Waals surface area contributed by atoms with Gasteiger partial charge in [0, 0.05) is 28.7 Å². The third-order valence-electron chi connectivity index (χ3n) is 7.09. The van der Waals surface area contributed by atoms with E-state index < -0.39 is 17.9 Å². The SMILES string of the molecule is COc1ccccc1N(C(=O)c1snc(C(N)=O)c1N)[C@@H](C(=O)NC1CCCCC1)c1c[nH]c2ccccc12. The summed E-state index contributed by atoms with van der Waals surface area (Å²) in [6, 6.07) is 13.5. The topological polar surface area (TPSA) is 156 Å². The normalized spacial score (nSPS) is 14.6. The molecule has 2 aromatic carbocycles. The van der Waals surface area contributed by atoms with Gasteiger partial charge in [-0.15, -0.1) is 0 Å². The Bertz CT molecular complexity index is 1520. The molecule has 0 aliphatic heterocycles. The van der Waals surface area contributed by atoms with Crippen LogP contribution in [-0.4, -0.2) is 40.2 Å². The molecule has 1 aliphatic rings. The number of ether oxygens (including phenoxy) is 1. The number of rotatable bonds is 8. The molecule has 5 rings (SSSR count). The summed E-state index contributed by atoms with van der Waals surface area (Å²) in [6.45, 7) is 0. The van der Waals surface area contributed by atoms with Gasteiger partial charge in [-0.1, -0.05) is 49.6 Å². The lowest BCUT2D eigenvalue weighted by molar-refractivity contribution is -0.123. The molecule has 4 aromatic rings. The number of nitrogens with zero attached hydrogens (tertiary/aromatic N) is 2. The van der Waals surface area contributed by atoms with Gasteiger partial charge in [0.25, 0.3) is 11.8 Å². The molecule has 2 aromatic heterocycles. The average Bonchev–Trinajstić information content (AvgIpc) is 3.55. The van der Waals surface area contributed by atoms with E-state index in [9.17, 15) is 14.4 Å². The Morgan fingerprint density at radius 2 is 1.82 bits per heavy atom. The molecule has 11 heteroatoms. The molecule has 1 saturated carbocycles. The minimum absolute atomic E-state index is 0.00325. The van der Waals surface area contributed by atoms with Gasteiger partial charge in [0.2, 0.25) is 5.91 Å². The molecule has 3 amide bonds. The summed E-state index contributed by atoms with van der Waals surface area (Å²) in [5.74, 6) is -1.38. The van der Waals surface area contributed by atoms with E-state index in [2.05, 4.69) is 14.7 Å². The predicted molar refractivity (Wildman–Crippen MR) is 151 cm³/mol. The Balaban J connectivity index is 1.70. The molecule has 202 valence electrons. The number of amides is 3. The molecule has 6 N–H and O–H groups in total. The maximum atomic E-state index is 14.4. The Hall–Kier alpha value is -4.38. The van der Waals surface area contributed by atoms with Crippen molar-refractivity contribution >= 4 is 51.5 Å². The maximum Gasteiger partial charge on any atom is 0.273 e. The number of carbonyl (C=O) groups excluding carboxylic acids is 3. The zero-order valence-electron chi connectivity index (χ0n) is 21.5. The summed E-state index contributed by atoms with van der Waals surface area (Å²) in [7, 11) is 1.50. The highest BCUT2D eigenvalue weighted by Crippen LogP contribution is 2.40. The standard InChI is InChI=1S/C28H30N6O4S/c1-38-21-14-8-7-13-20(21)34(28(37)25-22(29)23(26(30)35)33-39-25)24(27(36)32-16-9-3-2-4-10-16)18-15-31-19-12-6-5-11-17(18)19/h5-8,11-16,24,31H,2-4,9-10,29H2,1H3,(H2,30,35)(H,32,36)/t24-/m1/s1. The van der Waals surface area contributed by atoms with E-state index in [-0.39, 0.29) is 28.2 Å². The summed E-state index contributed by atoms with van der Waals surface area (Å²) in [4.78, 5) is 45.1. The monoisotopic (exact) mass is 546 g/mol. The van der Waals surface area contributed by atoms with Gasteiger partial charge in [-0.05, 0) is 42.6 Å². The minimum atomic E-state index is -1.09. The van der Waals surface area contributed by atoms with E-state index in [1.807, 2.05) is 24.3 Å². The fourth-order valence-corrected chi connectivity index (χ4v) is 5.92. The number of H-pyrrole nitrogens is 1. The smallest absolute Gasteiger partial charge is 0.273 e. The number of primary amides is 1. The first-order chi connectivity index (χ1) is 18.9. The van der Waals surface area contributed by atoms with Crippen molar-refractivity contribution in [1.82, 2.24) is 14.7 Å². The van der Waals surface area contributed by atoms with Crippen LogP contribution in [0.15, 0.2) is 54.7 Å². The molecule has 39 heavy (non-hydrogen) atoms. The van der Waals surface area contributed by atoms with Gasteiger partial charge in [0.05, 0.1) is 18.5 Å². The van der Waals surface area contributed by atoms with Crippen LogP contribution >= 0.6 is 11.5 Å². The summed E-state index contributed by atoms with van der Waals surface area (Å²) in [5, 5.41) is 3.99. The second-order valence-electron chi connectivity index (χ2n) is 9.52. The van der Waals surface area contributed by atoms with Gasteiger partial charge in [-0.25, -0.2) is 0 Å². The zero-order chi connectivity index (χ0) is 27.5. The lowest BCUT2D eigenvalue weighted by Gasteiger charge is -2.33. The predicted octanol–water partition coefficient (Wildman–Crippen LogP) is 4.15. The van der Waals surface area contributed by atoms with Crippen LogP contribution in [0.3, 0.4) is 0 Å². The number of nitrogen functional groups attached to an aromatic ring is 1. The van der Waals surface area contributed by atoms with Gasteiger partial charge in [0.15, 0.2) is 5.69 Å². The lowest BCUT2D eigenvalue weighted by atomic mass is 9.94. The molecule has 0 spiro atoms. The highest BCUT2D eigenvalue weighted by molar-refractivity contribution is 7.09. The number of para-hydroxylation sites is 3. The van der Waals surface area contributed by atoms with E-state index in [1.165, 1.54) is 12.0 Å². The van der Waals surface area contributed by atoms with Crippen molar-refractivity contribution in [2.75, 3.05) is 17.7 Å². The number of benzene rings is 2. The molecule has 0 bridgehead atoms. The number of hydrogen-bond donors (Lipinski definition) is 4. The van der Waals surface area contributed by atoms with Crippen LogP contribution in [0.2, 0.25) is 0 Å². The largest absolute Gasteiger partial charge is 0.495 e. The van der Waals surface area contributed by atoms with Crippen molar-refractivity contribution in [2.24, 2.45) is 5.73 Å². The van der Waals surface area contributed by atoms with E-state index in [0.717, 1.165) is 54.5 Å². The Morgan fingerprint density at radius 1 is 1.10 bits per heavy atom. The van der Waals surface area contributed by atoms with E-state index >= 15 is 0 Å². The molecule has 0 unspecified atom stereocenters. The number of anilines is 2. The quantitative estimate of drug-likeness (QED) is 0.260. The Kier molecular flexibility index (Phi) is 7.51. The zero-order valence-corrected chi connectivity index (χ0v) is 22.3. The Morgan fingerprint density at radius 3 is 2.54 bits per heavy atom. The number of hydrogen-bond acceptors (Lipinski definition) is 7. The van der Waals surface area contributed by atoms with Gasteiger partial charge in [0.1, 0.15) is 16.7 Å². The van der Waals surface area contributed by atoms with Crippen molar-refractivity contribution in [2.45, 2.75) is 44.2 Å². The Labute approximate surface area is 229 Å². The van der Waals surface area contributed by atoms with Crippen molar-refractivity contribution in [3.8, 4) is 5.75 Å². The van der Waals surface area contributed by atoms with Crippen molar-refractivity contribution in [1.29, 1.82) is 0 Å². The van der Waals surface area contributed by atoms with Crippen LogP contribution in [0.5, 0.6) is 5.75 Å². The second-order valence-corrected chi connectivity index (χ2v) is 10.3. The number of aromatic nitrogens is 2. The van der Waals surface area contributed by atoms with Crippen molar-refractivity contribution in [3.05, 3.63) is 70.9 Å². The number of carbonyl (C=O) groups is 3. The number of methoxy groups -OCH3 is 1. The number of nitrogens with two attached hydrogens (primary N) is 2. The first-order valence-electron chi connectivity index (χ1n) is 12.8. The van der Waals surface area contributed by atoms with Crippen molar-refractivity contribution in [3.63, 3.8) is 0 Å². The summed E-state index contributed by atoms with van der Waals surface area (Å²) in [6.07, 6.45) is 6.70. The second kappa shape index (κ2) is 11.2. The van der Waals surface area contributed by atoms with Gasteiger partial charge in [-0.3, -0.25) is 19.3 Å². The average molecular weight is 547 g/mol. The molecular weight excluding hydrogens is 516 g/mol. The summed E-state index contributed by atoms with van der Waals surface area (Å²) < 4.78 is 9.64. The molecule has 1 atom stereocenters. The summed E-state index contributed by atoms with van der Waals surface area (Å²) in [5.41, 5.74) is 13.1. The minimum Gasteiger partial charge on any atom is -0.495 e. The van der Waals surface area contributed by atoms with Gasteiger partial charge in [-0.2, -0.15) is 4.37 Å². The molecule has 1 aliphatic carbocycles. The maximum absolute atomic E-state index is 14.4. The third-order valence-corrected chi connectivity index (χ3v) is 7.94. The molecule has 0 radical (unpaired) electrons. The van der Waals surface area contributed by atoms with Crippen LogP contribution in [0, 0.1) is 0 Å². The molecule has 10 nitrogen and oxygen atoms in total. The first kappa shape index (κ1) is 26.2. The molecular formula is C28H30N6O4S. The first-order valence-corrected chi connectivity index (χ1v) is 13.6. The van der Waals surface area contributed by atoms with Crippen molar-refractivity contribution < 1.29 is 19.1 Å². The van der Waals surface area contributed by atoms with E-state index in [4.69, 9.17) is 16.2 Å². The van der Waals surface area contributed by atoms with Crippen LogP contribution in [0.4, 0.5) is 11.4 Å². The van der Waals surface area contributed by atoms with Crippen LogP contribution < -0.4 is 26.4 Å². The van der Waals surface area contributed by atoms with Crippen LogP contribution in [0.1, 0.15) is 63.9 Å². The van der Waals surface area contributed by atoms with E-state index in [0.29, 0.717) is 17.0 Å². The van der Waals surface area contributed by atoms with Crippen LogP contribution in [-0.2, 0) is 4.79 Å². The molecule has 0 saturated heterocycles. The highest BCUT2D eigenvalue weighted by atomic mass is 32.1. The van der Waals surface area contributed by atoms with Gasteiger partial charge < -0.3 is 26.5 Å². The highest BCUT2D eigenvalue weighted by Gasteiger charge is 2.39. The van der Waals surface area contributed by atoms with E-state index in [1.54, 1.807) is 30.5 Å². The number of fused-ring (bicyclic) bond motifs is 1. The third kappa shape index (κ3) is 5.05. The lowest BCUT2D eigenvalue weighted by Crippen LogP contribution is -2.47. The summed E-state index contributed by atoms with van der Waals surface area (Å²) >= 11 is 0.767. The number of aromatic amines is 1.